The number of nitrogens with zero attached hydrogens (tertiary/aromatic N) is 1. The number of ketones is 1. The topological polar surface area (TPSA) is 132 Å². The van der Waals surface area contributed by atoms with Crippen molar-refractivity contribution >= 4 is 21.9 Å². The third-order valence-electron chi connectivity index (χ3n) is 5.66. The number of allylic oxidation sites excluding steroid dienone is 1. The summed E-state index contributed by atoms with van der Waals surface area (Å²) in [6.07, 6.45) is 0.320. The van der Waals surface area contributed by atoms with Crippen molar-refractivity contribution in [2.24, 2.45) is 22.9 Å². The van der Waals surface area contributed by atoms with Crippen LogP contribution in [0.4, 0.5) is 8.78 Å². The molecule has 35 heavy (non-hydrogen) atoms. The Bertz CT molecular complexity index is 1040. The van der Waals surface area contributed by atoms with E-state index in [9.17, 15) is 27.1 Å². The number of aliphatic hydroxyl groups is 1. The van der Waals surface area contributed by atoms with Gasteiger partial charge in [0.1, 0.15) is 40.9 Å². The molecule has 0 spiro atoms. The zero-order valence-corrected chi connectivity index (χ0v) is 20.8. The molecule has 12 heteroatoms. The van der Waals surface area contributed by atoms with Crippen LogP contribution >= 0.6 is 0 Å². The van der Waals surface area contributed by atoms with Crippen molar-refractivity contribution in [3.63, 3.8) is 0 Å². The molecule has 0 amide bonds. The van der Waals surface area contributed by atoms with Gasteiger partial charge in [-0.05, 0) is 25.3 Å². The minimum absolute atomic E-state index is 0.0182. The maximum Gasteiger partial charge on any atom is 0.397 e. The van der Waals surface area contributed by atoms with E-state index in [1.807, 2.05) is 0 Å². The molecule has 0 saturated heterocycles. The van der Waals surface area contributed by atoms with Gasteiger partial charge in [-0.15, -0.1) is 0 Å². The summed E-state index contributed by atoms with van der Waals surface area (Å²) >= 11 is 0. The quantitative estimate of drug-likeness (QED) is 0.236. The van der Waals surface area contributed by atoms with E-state index < -0.39 is 51.9 Å². The van der Waals surface area contributed by atoms with Crippen LogP contribution < -0.4 is 4.74 Å². The zero-order chi connectivity index (χ0) is 26.3. The SMILES string of the molecule is CCC(=NOCC(C)Oc1cc(F)cc(F)c1)C1C(=O)CC(C(OS(=O)(=O)O)C(C)CC)C=C1O. The van der Waals surface area contributed by atoms with E-state index in [1.54, 1.807) is 27.7 Å². The van der Waals surface area contributed by atoms with Crippen molar-refractivity contribution in [1.82, 2.24) is 0 Å². The van der Waals surface area contributed by atoms with Gasteiger partial charge < -0.3 is 14.7 Å². The number of oxime groups is 1. The largest absolute Gasteiger partial charge is 0.511 e. The smallest absolute Gasteiger partial charge is 0.397 e. The van der Waals surface area contributed by atoms with Crippen LogP contribution in [0.5, 0.6) is 5.75 Å². The number of aliphatic hydroxyl groups excluding tert-OH is 1. The average Bonchev–Trinajstić information content (AvgIpc) is 2.73. The highest BCUT2D eigenvalue weighted by Gasteiger charge is 2.40. The highest BCUT2D eigenvalue weighted by Crippen LogP contribution is 2.33. The molecule has 0 aliphatic heterocycles. The standard InChI is InChI=1S/C23H31F2NO8S/c1-5-13(3)23(34-35(29,30)31)15-7-20(27)22(21(28)8-15)19(6-2)26-32-12-14(4)33-18-10-16(24)9-17(25)11-18/h7,9-11,13-15,22-23,27H,5-6,8,12H2,1-4H3,(H,29,30,31). The molecule has 196 valence electrons. The molecule has 5 atom stereocenters. The summed E-state index contributed by atoms with van der Waals surface area (Å²) in [6.45, 7) is 6.73. The van der Waals surface area contributed by atoms with E-state index >= 15 is 0 Å². The summed E-state index contributed by atoms with van der Waals surface area (Å²) in [5, 5.41) is 14.6. The van der Waals surface area contributed by atoms with E-state index in [1.165, 1.54) is 6.08 Å². The first-order valence-corrected chi connectivity index (χ1v) is 12.6. The molecule has 1 aromatic rings. The van der Waals surface area contributed by atoms with Crippen LogP contribution in [0, 0.1) is 29.4 Å². The molecule has 5 unspecified atom stereocenters. The van der Waals surface area contributed by atoms with Crippen molar-refractivity contribution < 1.29 is 45.4 Å². The number of carbonyl (C=O) groups excluding carboxylic acids is 1. The van der Waals surface area contributed by atoms with Crippen LogP contribution in [-0.2, 0) is 24.2 Å². The van der Waals surface area contributed by atoms with Gasteiger partial charge in [0.25, 0.3) is 0 Å². The van der Waals surface area contributed by atoms with E-state index in [4.69, 9.17) is 18.3 Å². The number of carbonyl (C=O) groups is 1. The molecule has 1 aliphatic carbocycles. The van der Waals surface area contributed by atoms with Crippen LogP contribution in [0.1, 0.15) is 47.0 Å². The number of ether oxygens (including phenoxy) is 1. The molecule has 2 N–H and O–H groups in total. The second-order valence-electron chi connectivity index (χ2n) is 8.50. The lowest BCUT2D eigenvalue weighted by molar-refractivity contribution is -0.123. The summed E-state index contributed by atoms with van der Waals surface area (Å²) in [5.41, 5.74) is 0.238. The Balaban J connectivity index is 2.11. The Morgan fingerprint density at radius 1 is 1.20 bits per heavy atom. The van der Waals surface area contributed by atoms with Gasteiger partial charge in [-0.25, -0.2) is 13.0 Å². The number of halogens is 2. The normalized spacial score (nSPS) is 21.7. The fraction of sp³-hybridized carbons (Fsp3) is 0.565. The molecular formula is C23H31F2NO8S. The Kier molecular flexibility index (Phi) is 10.2. The number of rotatable bonds is 12. The highest BCUT2D eigenvalue weighted by atomic mass is 32.3. The Hall–Kier alpha value is -2.57. The Labute approximate surface area is 203 Å². The molecule has 0 fully saturated rings. The van der Waals surface area contributed by atoms with E-state index in [2.05, 4.69) is 5.16 Å². The molecule has 2 rings (SSSR count). The predicted octanol–water partition coefficient (Wildman–Crippen LogP) is 4.40. The minimum atomic E-state index is -4.76. The van der Waals surface area contributed by atoms with Crippen molar-refractivity contribution in [2.75, 3.05) is 6.61 Å². The van der Waals surface area contributed by atoms with Gasteiger partial charge in [0.05, 0.1) is 11.8 Å². The lowest BCUT2D eigenvalue weighted by Crippen LogP contribution is -2.39. The first-order chi connectivity index (χ1) is 16.3. The summed E-state index contributed by atoms with van der Waals surface area (Å²) in [6, 6.07) is 2.77. The van der Waals surface area contributed by atoms with Crippen LogP contribution in [-0.4, -0.2) is 48.4 Å². The van der Waals surface area contributed by atoms with Gasteiger partial charge in [0.15, 0.2) is 6.61 Å². The van der Waals surface area contributed by atoms with Crippen molar-refractivity contribution in [3.05, 3.63) is 41.7 Å². The molecule has 0 saturated carbocycles. The minimum Gasteiger partial charge on any atom is -0.511 e. The predicted molar refractivity (Wildman–Crippen MR) is 123 cm³/mol. The van der Waals surface area contributed by atoms with Crippen LogP contribution in [0.3, 0.4) is 0 Å². The van der Waals surface area contributed by atoms with Gasteiger partial charge >= 0.3 is 10.4 Å². The first kappa shape index (κ1) is 28.7. The third-order valence-corrected chi connectivity index (χ3v) is 6.12. The summed E-state index contributed by atoms with van der Waals surface area (Å²) in [4.78, 5) is 18.2. The second-order valence-corrected chi connectivity index (χ2v) is 9.55. The number of Topliss-reactive ketones (excluding diaryl/α,β-unsaturated/α-hetero) is 1. The van der Waals surface area contributed by atoms with Gasteiger partial charge in [0.2, 0.25) is 0 Å². The maximum atomic E-state index is 13.3. The van der Waals surface area contributed by atoms with E-state index in [0.717, 1.165) is 18.2 Å². The van der Waals surface area contributed by atoms with Crippen LogP contribution in [0.2, 0.25) is 0 Å². The molecule has 0 heterocycles. The van der Waals surface area contributed by atoms with E-state index in [-0.39, 0.29) is 42.6 Å². The van der Waals surface area contributed by atoms with Gasteiger partial charge in [-0.1, -0.05) is 32.3 Å². The Morgan fingerprint density at radius 2 is 1.83 bits per heavy atom. The van der Waals surface area contributed by atoms with E-state index in [0.29, 0.717) is 6.42 Å². The summed E-state index contributed by atoms with van der Waals surface area (Å²) in [5.74, 6) is -4.49. The fourth-order valence-corrected chi connectivity index (χ4v) is 4.44. The lowest BCUT2D eigenvalue weighted by atomic mass is 9.77. The fourth-order valence-electron chi connectivity index (χ4n) is 3.83. The number of hydrogen-bond acceptors (Lipinski definition) is 8. The van der Waals surface area contributed by atoms with Crippen molar-refractivity contribution in [3.8, 4) is 5.75 Å². The van der Waals surface area contributed by atoms with Crippen LogP contribution in [0.25, 0.3) is 0 Å². The van der Waals surface area contributed by atoms with Crippen molar-refractivity contribution in [1.29, 1.82) is 0 Å². The maximum absolute atomic E-state index is 13.3. The third kappa shape index (κ3) is 8.55. The van der Waals surface area contributed by atoms with Crippen molar-refractivity contribution in [2.45, 2.75) is 59.2 Å². The number of hydrogen-bond donors (Lipinski definition) is 2. The molecule has 9 nitrogen and oxygen atoms in total. The summed E-state index contributed by atoms with van der Waals surface area (Å²) in [7, 11) is -4.76. The zero-order valence-electron chi connectivity index (χ0n) is 20.0. The lowest BCUT2D eigenvalue weighted by Gasteiger charge is -2.32. The molecule has 1 aliphatic rings. The molecule has 1 aromatic carbocycles. The molecule has 0 bridgehead atoms. The van der Waals surface area contributed by atoms with Gasteiger partial charge in [-0.3, -0.25) is 9.35 Å². The van der Waals surface area contributed by atoms with Gasteiger partial charge in [-0.2, -0.15) is 8.42 Å². The average molecular weight is 520 g/mol. The van der Waals surface area contributed by atoms with Crippen LogP contribution in [0.15, 0.2) is 35.2 Å². The summed E-state index contributed by atoms with van der Waals surface area (Å²) < 4.78 is 68.5. The molecule has 0 radical (unpaired) electrons. The first-order valence-electron chi connectivity index (χ1n) is 11.2. The Morgan fingerprint density at radius 3 is 2.34 bits per heavy atom. The monoisotopic (exact) mass is 519 g/mol. The van der Waals surface area contributed by atoms with Gasteiger partial charge in [0, 0.05) is 30.5 Å². The highest BCUT2D eigenvalue weighted by molar-refractivity contribution is 7.80. The number of benzene rings is 1. The molecule has 0 aromatic heterocycles. The molecular weight excluding hydrogens is 488 g/mol. The second kappa shape index (κ2) is 12.4.